The van der Waals surface area contributed by atoms with E-state index in [-0.39, 0.29) is 34.6 Å². The molecule has 3 unspecified atom stereocenters. The minimum atomic E-state index is -3.74. The summed E-state index contributed by atoms with van der Waals surface area (Å²) in [6.45, 7) is -0.823. The number of carbonyl (C=O) groups excluding carboxylic acids is 1. The second-order valence-electron chi connectivity index (χ2n) is 10.9. The lowest BCUT2D eigenvalue weighted by Crippen LogP contribution is -2.35. The number of nitrogens with one attached hydrogen (secondary N) is 2. The molecule has 2 aromatic heterocycles. The Bertz CT molecular complexity index is 1880. The molecule has 2 aromatic carbocycles. The van der Waals surface area contributed by atoms with Gasteiger partial charge in [0.1, 0.15) is 29.6 Å². The van der Waals surface area contributed by atoms with Crippen LogP contribution in [0.4, 0.5) is 26.3 Å². The van der Waals surface area contributed by atoms with E-state index in [1.54, 1.807) is 12.1 Å². The van der Waals surface area contributed by atoms with Crippen molar-refractivity contribution in [3.63, 3.8) is 0 Å². The molecule has 1 fully saturated rings. The molecule has 0 bridgehead atoms. The number of alkyl halides is 4. The van der Waals surface area contributed by atoms with Crippen molar-refractivity contribution in [2.24, 2.45) is 5.92 Å². The van der Waals surface area contributed by atoms with Crippen molar-refractivity contribution in [2.45, 2.75) is 48.6 Å². The van der Waals surface area contributed by atoms with Gasteiger partial charge in [-0.15, -0.1) is 0 Å². The summed E-state index contributed by atoms with van der Waals surface area (Å²) in [5.74, 6) is -7.91. The summed E-state index contributed by atoms with van der Waals surface area (Å²) < 4.78 is 113. The first-order valence-electron chi connectivity index (χ1n) is 13.8. The largest absolute Gasteiger partial charge is 0.346 e. The smallest absolute Gasteiger partial charge is 0.293 e. The molecular weight excluding hydrogens is 624 g/mol. The third-order valence-electron chi connectivity index (χ3n) is 8.07. The minimum Gasteiger partial charge on any atom is -0.346 e. The zero-order valence-corrected chi connectivity index (χ0v) is 24.3. The van der Waals surface area contributed by atoms with Crippen LogP contribution in [0.15, 0.2) is 65.7 Å². The van der Waals surface area contributed by atoms with Crippen molar-refractivity contribution in [1.29, 1.82) is 0 Å². The van der Waals surface area contributed by atoms with Crippen LogP contribution in [-0.4, -0.2) is 36.1 Å². The molecule has 15 heteroatoms. The van der Waals surface area contributed by atoms with Crippen molar-refractivity contribution >= 4 is 15.9 Å². The van der Waals surface area contributed by atoms with Gasteiger partial charge in [0.25, 0.3) is 12.3 Å². The second-order valence-corrected chi connectivity index (χ2v) is 12.8. The summed E-state index contributed by atoms with van der Waals surface area (Å²) in [5, 5.41) is 6.35. The molecule has 0 radical (unpaired) electrons. The van der Waals surface area contributed by atoms with Gasteiger partial charge in [-0.2, -0.15) is 13.9 Å². The standard InChI is InChI=1S/C30H25F6N5O3S/c1-37-45(43,44)19-6-4-16(5-7-19)20-3-2-8-38-26(20)23(11-15-9-17(31)12-18(32)10-15)39-24(42)14-41-28-25(27(40-41)29(33)34)21-13-22(21)30(28,35)36/h2-10,12,21-23,29,37H,11,13-14H2,1H3,(H,39,42). The van der Waals surface area contributed by atoms with Crippen LogP contribution in [-0.2, 0) is 33.7 Å². The lowest BCUT2D eigenvalue weighted by atomic mass is 9.95. The highest BCUT2D eigenvalue weighted by molar-refractivity contribution is 7.89. The molecule has 45 heavy (non-hydrogen) atoms. The Labute approximate surface area is 253 Å². The maximum atomic E-state index is 15.1. The number of benzene rings is 2. The molecule has 0 saturated heterocycles. The van der Waals surface area contributed by atoms with E-state index in [0.717, 1.165) is 12.1 Å². The summed E-state index contributed by atoms with van der Waals surface area (Å²) in [6.07, 6.45) is -1.84. The molecule has 0 spiro atoms. The van der Waals surface area contributed by atoms with Gasteiger partial charge in [-0.3, -0.25) is 14.5 Å². The summed E-state index contributed by atoms with van der Waals surface area (Å²) in [6, 6.07) is 10.7. The number of hydrogen-bond acceptors (Lipinski definition) is 5. The summed E-state index contributed by atoms with van der Waals surface area (Å²) in [7, 11) is -2.47. The maximum absolute atomic E-state index is 15.1. The summed E-state index contributed by atoms with van der Waals surface area (Å²) >= 11 is 0. The number of pyridine rings is 1. The van der Waals surface area contributed by atoms with Crippen LogP contribution in [0.5, 0.6) is 0 Å². The van der Waals surface area contributed by atoms with Gasteiger partial charge in [-0.1, -0.05) is 18.2 Å². The lowest BCUT2D eigenvalue weighted by Gasteiger charge is -2.22. The van der Waals surface area contributed by atoms with Crippen molar-refractivity contribution < 1.29 is 39.6 Å². The van der Waals surface area contributed by atoms with E-state index in [0.29, 0.717) is 21.9 Å². The number of hydrogen-bond donors (Lipinski definition) is 2. The fraction of sp³-hybridized carbons (Fsp3) is 0.300. The van der Waals surface area contributed by atoms with Gasteiger partial charge in [0, 0.05) is 29.3 Å². The van der Waals surface area contributed by atoms with Gasteiger partial charge in [0.2, 0.25) is 15.9 Å². The molecule has 2 aliphatic carbocycles. The molecule has 2 aliphatic rings. The molecule has 0 aliphatic heterocycles. The normalized spacial score (nSPS) is 18.8. The third kappa shape index (κ3) is 5.70. The zero-order valence-electron chi connectivity index (χ0n) is 23.4. The highest BCUT2D eigenvalue weighted by Crippen LogP contribution is 2.68. The number of nitrogens with zero attached hydrogens (tertiary/aromatic N) is 3. The van der Waals surface area contributed by atoms with Gasteiger partial charge in [0.15, 0.2) is 0 Å². The van der Waals surface area contributed by atoms with Gasteiger partial charge in [0.05, 0.1) is 16.6 Å². The fourth-order valence-electron chi connectivity index (χ4n) is 6.00. The Morgan fingerprint density at radius 2 is 1.76 bits per heavy atom. The monoisotopic (exact) mass is 649 g/mol. The van der Waals surface area contributed by atoms with Gasteiger partial charge >= 0.3 is 0 Å². The highest BCUT2D eigenvalue weighted by Gasteiger charge is 2.67. The zero-order chi connectivity index (χ0) is 32.3. The van der Waals surface area contributed by atoms with Crippen molar-refractivity contribution in [3.8, 4) is 11.1 Å². The predicted molar refractivity (Wildman–Crippen MR) is 149 cm³/mol. The van der Waals surface area contributed by atoms with Crippen LogP contribution in [0.3, 0.4) is 0 Å². The van der Waals surface area contributed by atoms with E-state index in [4.69, 9.17) is 0 Å². The van der Waals surface area contributed by atoms with E-state index >= 15 is 8.78 Å². The molecule has 8 nitrogen and oxygen atoms in total. The Morgan fingerprint density at radius 3 is 2.40 bits per heavy atom. The minimum absolute atomic E-state index is 0.0105. The molecule has 236 valence electrons. The number of rotatable bonds is 10. The van der Waals surface area contributed by atoms with Crippen LogP contribution in [0.2, 0.25) is 0 Å². The average molecular weight is 650 g/mol. The highest BCUT2D eigenvalue weighted by atomic mass is 32.2. The fourth-order valence-corrected chi connectivity index (χ4v) is 6.73. The number of carbonyl (C=O) groups is 1. The van der Waals surface area contributed by atoms with Crippen molar-refractivity contribution in [3.05, 3.63) is 101 Å². The number of aromatic nitrogens is 3. The first-order chi connectivity index (χ1) is 21.3. The summed E-state index contributed by atoms with van der Waals surface area (Å²) in [4.78, 5) is 17.8. The number of halogens is 6. The Hall–Kier alpha value is -4.24. The second kappa shape index (κ2) is 11.3. The Kier molecular flexibility index (Phi) is 7.72. The quantitative estimate of drug-likeness (QED) is 0.225. The summed E-state index contributed by atoms with van der Waals surface area (Å²) in [5.41, 5.74) is -0.419. The van der Waals surface area contributed by atoms with Crippen LogP contribution in [0, 0.1) is 17.6 Å². The van der Waals surface area contributed by atoms with Gasteiger partial charge in [-0.25, -0.2) is 30.7 Å². The molecular formula is C30H25F6N5O3S. The van der Waals surface area contributed by atoms with Crippen LogP contribution in [0.25, 0.3) is 11.1 Å². The Balaban J connectivity index is 1.35. The molecule has 1 saturated carbocycles. The molecule has 1 amide bonds. The van der Waals surface area contributed by atoms with E-state index < -0.39 is 75.7 Å². The van der Waals surface area contributed by atoms with Crippen LogP contribution >= 0.6 is 0 Å². The number of fused-ring (bicyclic) bond motifs is 3. The van der Waals surface area contributed by atoms with E-state index in [1.165, 1.54) is 37.5 Å². The maximum Gasteiger partial charge on any atom is 0.293 e. The molecule has 2 heterocycles. The van der Waals surface area contributed by atoms with Crippen molar-refractivity contribution in [1.82, 2.24) is 24.8 Å². The number of sulfonamides is 1. The van der Waals surface area contributed by atoms with E-state index in [9.17, 15) is 30.8 Å². The van der Waals surface area contributed by atoms with Gasteiger partial charge < -0.3 is 5.32 Å². The molecule has 3 atom stereocenters. The SMILES string of the molecule is CNS(=O)(=O)c1ccc(-c2cccnc2C(Cc2cc(F)cc(F)c2)NC(=O)Cn2nc(C(F)F)c3c2C(F)(F)C2CC32)cc1. The predicted octanol–water partition coefficient (Wildman–Crippen LogP) is 5.38. The third-order valence-corrected chi connectivity index (χ3v) is 9.50. The molecule has 6 rings (SSSR count). The first kappa shape index (κ1) is 30.8. The van der Waals surface area contributed by atoms with Crippen molar-refractivity contribution in [2.75, 3.05) is 7.05 Å². The molecule has 4 aromatic rings. The average Bonchev–Trinajstić information content (AvgIpc) is 3.65. The number of amides is 1. The molecule has 2 N–H and O–H groups in total. The first-order valence-corrected chi connectivity index (χ1v) is 15.3. The van der Waals surface area contributed by atoms with Crippen LogP contribution < -0.4 is 10.0 Å². The van der Waals surface area contributed by atoms with E-state index in [1.807, 2.05) is 0 Å². The van der Waals surface area contributed by atoms with Gasteiger partial charge in [-0.05, 0) is 67.3 Å². The Morgan fingerprint density at radius 1 is 1.07 bits per heavy atom. The topological polar surface area (TPSA) is 106 Å². The lowest BCUT2D eigenvalue weighted by molar-refractivity contribution is -0.123. The van der Waals surface area contributed by atoms with E-state index in [2.05, 4.69) is 20.1 Å². The van der Waals surface area contributed by atoms with Crippen LogP contribution in [0.1, 0.15) is 53.0 Å².